The third-order valence-corrected chi connectivity index (χ3v) is 5.77. The van der Waals surface area contributed by atoms with Crippen molar-refractivity contribution in [2.75, 3.05) is 18.5 Å². The molecule has 0 bridgehead atoms. The van der Waals surface area contributed by atoms with Crippen LogP contribution >= 0.6 is 23.2 Å². The predicted octanol–water partition coefficient (Wildman–Crippen LogP) is 3.91. The Morgan fingerprint density at radius 1 is 1.30 bits per heavy atom. The molecule has 1 aliphatic rings. The summed E-state index contributed by atoms with van der Waals surface area (Å²) >= 11 is 12.9. The number of ether oxygens (including phenoxy) is 1. The maximum absolute atomic E-state index is 12.4. The molecule has 1 unspecified atom stereocenters. The van der Waals surface area contributed by atoms with Crippen LogP contribution in [0, 0.1) is 0 Å². The van der Waals surface area contributed by atoms with Gasteiger partial charge in [-0.25, -0.2) is 9.97 Å². The van der Waals surface area contributed by atoms with Crippen molar-refractivity contribution >= 4 is 40.1 Å². The number of aliphatic hydroxyl groups is 1. The van der Waals surface area contributed by atoms with E-state index in [4.69, 9.17) is 27.9 Å². The number of aromatic nitrogens is 3. The molecular weight excluding hydrogens is 427 g/mol. The van der Waals surface area contributed by atoms with Crippen LogP contribution in [-0.2, 0) is 4.74 Å². The number of anilines is 1. The van der Waals surface area contributed by atoms with Crippen molar-refractivity contribution < 1.29 is 9.84 Å². The number of pyridine rings is 1. The molecule has 158 valence electrons. The Morgan fingerprint density at radius 3 is 2.83 bits per heavy atom. The Morgan fingerprint density at radius 2 is 2.10 bits per heavy atom. The minimum absolute atomic E-state index is 0.132. The highest BCUT2D eigenvalue weighted by molar-refractivity contribution is 6.36. The van der Waals surface area contributed by atoms with Gasteiger partial charge in [0.1, 0.15) is 0 Å². The molecule has 4 rings (SSSR count). The van der Waals surface area contributed by atoms with E-state index in [2.05, 4.69) is 15.3 Å². The molecule has 0 aliphatic carbocycles. The molecule has 3 aromatic rings. The van der Waals surface area contributed by atoms with Crippen molar-refractivity contribution in [1.29, 1.82) is 0 Å². The largest absolute Gasteiger partial charge is 0.389 e. The molecule has 0 saturated carbocycles. The Labute approximate surface area is 183 Å². The molecule has 1 fully saturated rings. The Bertz CT molecular complexity index is 1150. The van der Waals surface area contributed by atoms with Gasteiger partial charge in [-0.1, -0.05) is 23.2 Å². The maximum atomic E-state index is 12.4. The van der Waals surface area contributed by atoms with Gasteiger partial charge in [0.15, 0.2) is 5.43 Å². The van der Waals surface area contributed by atoms with E-state index in [-0.39, 0.29) is 24.1 Å². The second-order valence-electron chi connectivity index (χ2n) is 7.61. The van der Waals surface area contributed by atoms with Crippen LogP contribution in [0.15, 0.2) is 35.4 Å². The SMILES string of the molecule is CC(C)n1ccc(=O)c2c(Cl)cc(-c3nc(NC4CCOC[C@H]4O)ncc3Cl)cc21. The van der Waals surface area contributed by atoms with Crippen LogP contribution in [-0.4, -0.2) is 45.0 Å². The topological polar surface area (TPSA) is 89.3 Å². The second kappa shape index (κ2) is 8.51. The first kappa shape index (κ1) is 21.1. The molecular formula is C21H22Cl2N4O3. The van der Waals surface area contributed by atoms with E-state index in [0.717, 1.165) is 0 Å². The van der Waals surface area contributed by atoms with Crippen molar-refractivity contribution in [3.63, 3.8) is 0 Å². The molecule has 2 aromatic heterocycles. The fourth-order valence-electron chi connectivity index (χ4n) is 3.63. The third-order valence-electron chi connectivity index (χ3n) is 5.20. The first-order valence-corrected chi connectivity index (χ1v) is 10.5. The van der Waals surface area contributed by atoms with Crippen LogP contribution in [0.1, 0.15) is 26.3 Å². The molecule has 1 aliphatic heterocycles. The highest BCUT2D eigenvalue weighted by atomic mass is 35.5. The Balaban J connectivity index is 1.80. The monoisotopic (exact) mass is 448 g/mol. The van der Waals surface area contributed by atoms with Gasteiger partial charge in [-0.05, 0) is 32.4 Å². The van der Waals surface area contributed by atoms with E-state index in [1.54, 1.807) is 12.3 Å². The number of fused-ring (bicyclic) bond motifs is 1. The fourth-order valence-corrected chi connectivity index (χ4v) is 4.14. The van der Waals surface area contributed by atoms with Gasteiger partial charge in [0.25, 0.3) is 0 Å². The van der Waals surface area contributed by atoms with Gasteiger partial charge in [0, 0.05) is 30.5 Å². The van der Waals surface area contributed by atoms with Crippen LogP contribution in [0.2, 0.25) is 10.0 Å². The van der Waals surface area contributed by atoms with Crippen molar-refractivity contribution in [1.82, 2.24) is 14.5 Å². The van der Waals surface area contributed by atoms with Gasteiger partial charge in [-0.2, -0.15) is 0 Å². The summed E-state index contributed by atoms with van der Waals surface area (Å²) in [4.78, 5) is 21.2. The average Bonchev–Trinajstić information content (AvgIpc) is 2.70. The zero-order chi connectivity index (χ0) is 21.4. The number of hydrogen-bond acceptors (Lipinski definition) is 6. The molecule has 0 spiro atoms. The standard InChI is InChI=1S/C21H22Cl2N4O3/c1-11(2)27-5-3-17(28)19-13(22)7-12(8-16(19)27)20-14(23)9-24-21(26-20)25-15-4-6-30-10-18(15)29/h3,5,7-9,11,15,18,29H,4,6,10H2,1-2H3,(H,24,25,26)/t15?,18-/m1/s1. The van der Waals surface area contributed by atoms with Crippen molar-refractivity contribution in [2.24, 2.45) is 0 Å². The molecule has 2 N–H and O–H groups in total. The number of aliphatic hydroxyl groups excluding tert-OH is 1. The van der Waals surface area contributed by atoms with Crippen LogP contribution in [0.5, 0.6) is 0 Å². The zero-order valence-corrected chi connectivity index (χ0v) is 18.1. The summed E-state index contributed by atoms with van der Waals surface area (Å²) in [5.41, 5.74) is 1.74. The highest BCUT2D eigenvalue weighted by Gasteiger charge is 2.24. The summed E-state index contributed by atoms with van der Waals surface area (Å²) in [6.07, 6.45) is 3.27. The summed E-state index contributed by atoms with van der Waals surface area (Å²) in [5, 5.41) is 14.4. The summed E-state index contributed by atoms with van der Waals surface area (Å²) in [5.74, 6) is 0.353. The summed E-state index contributed by atoms with van der Waals surface area (Å²) < 4.78 is 7.25. The molecule has 1 saturated heterocycles. The van der Waals surface area contributed by atoms with Gasteiger partial charge in [0.05, 0.1) is 51.6 Å². The summed E-state index contributed by atoms with van der Waals surface area (Å²) in [7, 11) is 0. The lowest BCUT2D eigenvalue weighted by Crippen LogP contribution is -2.42. The zero-order valence-electron chi connectivity index (χ0n) is 16.6. The van der Waals surface area contributed by atoms with Crippen LogP contribution in [0.4, 0.5) is 5.95 Å². The van der Waals surface area contributed by atoms with E-state index >= 15 is 0 Å². The first-order valence-electron chi connectivity index (χ1n) is 9.75. The van der Waals surface area contributed by atoms with Gasteiger partial charge in [-0.15, -0.1) is 0 Å². The second-order valence-corrected chi connectivity index (χ2v) is 8.42. The minimum Gasteiger partial charge on any atom is -0.389 e. The normalized spacial score (nSPS) is 19.4. The third kappa shape index (κ3) is 4.03. The summed E-state index contributed by atoms with van der Waals surface area (Å²) in [6.45, 7) is 4.89. The number of nitrogens with one attached hydrogen (secondary N) is 1. The molecule has 1 aromatic carbocycles. The van der Waals surface area contributed by atoms with E-state index in [1.807, 2.05) is 24.5 Å². The lowest BCUT2D eigenvalue weighted by Gasteiger charge is -2.28. The molecule has 9 heteroatoms. The van der Waals surface area contributed by atoms with E-state index in [1.165, 1.54) is 12.3 Å². The number of hydrogen-bond donors (Lipinski definition) is 2. The number of rotatable bonds is 4. The molecule has 3 heterocycles. The molecule has 0 amide bonds. The van der Waals surface area contributed by atoms with Gasteiger partial charge >= 0.3 is 0 Å². The molecule has 30 heavy (non-hydrogen) atoms. The smallest absolute Gasteiger partial charge is 0.223 e. The lowest BCUT2D eigenvalue weighted by molar-refractivity contribution is -0.0136. The number of halogens is 2. The van der Waals surface area contributed by atoms with E-state index in [0.29, 0.717) is 51.2 Å². The van der Waals surface area contributed by atoms with Crippen LogP contribution < -0.4 is 10.7 Å². The first-order chi connectivity index (χ1) is 14.3. The lowest BCUT2D eigenvalue weighted by atomic mass is 10.1. The predicted molar refractivity (Wildman–Crippen MR) is 118 cm³/mol. The van der Waals surface area contributed by atoms with Gasteiger partial charge in [0.2, 0.25) is 5.95 Å². The van der Waals surface area contributed by atoms with Crippen LogP contribution in [0.3, 0.4) is 0 Å². The Kier molecular flexibility index (Phi) is 5.97. The molecule has 0 radical (unpaired) electrons. The van der Waals surface area contributed by atoms with Crippen molar-refractivity contribution in [2.45, 2.75) is 38.5 Å². The van der Waals surface area contributed by atoms with Gasteiger partial charge in [-0.3, -0.25) is 4.79 Å². The van der Waals surface area contributed by atoms with Crippen LogP contribution in [0.25, 0.3) is 22.2 Å². The highest BCUT2D eigenvalue weighted by Crippen LogP contribution is 2.33. The average molecular weight is 449 g/mol. The molecule has 7 nitrogen and oxygen atoms in total. The Hall–Kier alpha value is -2.19. The molecule has 2 atom stereocenters. The van der Waals surface area contributed by atoms with E-state index < -0.39 is 6.10 Å². The minimum atomic E-state index is -0.642. The van der Waals surface area contributed by atoms with Crippen molar-refractivity contribution in [3.05, 3.63) is 50.9 Å². The number of nitrogens with zero attached hydrogens (tertiary/aromatic N) is 3. The quantitative estimate of drug-likeness (QED) is 0.628. The maximum Gasteiger partial charge on any atom is 0.223 e. The van der Waals surface area contributed by atoms with Crippen molar-refractivity contribution in [3.8, 4) is 11.3 Å². The fraction of sp³-hybridized carbons (Fsp3) is 0.381. The number of benzene rings is 1. The summed E-state index contributed by atoms with van der Waals surface area (Å²) in [6, 6.07) is 5.00. The van der Waals surface area contributed by atoms with Gasteiger partial charge < -0.3 is 19.7 Å². The van der Waals surface area contributed by atoms with E-state index in [9.17, 15) is 9.90 Å².